The maximum atomic E-state index is 14.3. The van der Waals surface area contributed by atoms with Crippen molar-refractivity contribution in [2.75, 3.05) is 6.61 Å². The van der Waals surface area contributed by atoms with E-state index in [1.807, 2.05) is 0 Å². The average Bonchev–Trinajstić information content (AvgIpc) is 2.64. The van der Waals surface area contributed by atoms with Gasteiger partial charge in [0, 0.05) is 0 Å². The molecule has 21 heteroatoms. The zero-order valence-corrected chi connectivity index (χ0v) is 18.2. The van der Waals surface area contributed by atoms with Gasteiger partial charge in [0.05, 0.1) is 18.4 Å². The molecule has 0 fully saturated rings. The Hall–Kier alpha value is -1.80. The lowest BCUT2D eigenvalue weighted by atomic mass is 9.91. The van der Waals surface area contributed by atoms with E-state index < -0.39 is 72.8 Å². The summed E-state index contributed by atoms with van der Waals surface area (Å²) < 4.78 is 229. The van der Waals surface area contributed by atoms with Crippen LogP contribution in [0, 0.1) is 5.41 Å². The predicted octanol–water partition coefficient (Wildman–Crippen LogP) is 7.23. The maximum Gasteiger partial charge on any atom is 0.462 e. The molecule has 0 aromatic carbocycles. The number of halogens is 17. The molecule has 0 radical (unpaired) electrons. The number of carbonyl (C=O) groups is 1. The summed E-state index contributed by atoms with van der Waals surface area (Å²) >= 11 is 0. The lowest BCUT2D eigenvalue weighted by Crippen LogP contribution is -2.67. The van der Waals surface area contributed by atoms with Gasteiger partial charge in [-0.2, -0.15) is 70.2 Å². The summed E-state index contributed by atoms with van der Waals surface area (Å²) in [7, 11) is 0. The van der Waals surface area contributed by atoms with Crippen LogP contribution in [0.4, 0.5) is 74.6 Å². The van der Waals surface area contributed by atoms with E-state index in [-0.39, 0.29) is 6.42 Å². The largest absolute Gasteiger partial charge is 0.465 e. The van der Waals surface area contributed by atoms with Crippen LogP contribution in [-0.4, -0.2) is 61.0 Å². The number of alkyl halides is 17. The molecule has 2 unspecified atom stereocenters. The molecule has 0 spiro atoms. The Morgan fingerprint density at radius 2 is 1.05 bits per heavy atom. The van der Waals surface area contributed by atoms with E-state index in [1.54, 1.807) is 0 Å². The molecule has 0 aliphatic carbocycles. The summed E-state index contributed by atoms with van der Waals surface area (Å²) in [4.78, 5) is 11.6. The van der Waals surface area contributed by atoms with E-state index in [0.29, 0.717) is 0 Å². The van der Waals surface area contributed by atoms with E-state index in [9.17, 15) is 79.4 Å². The van der Waals surface area contributed by atoms with Crippen LogP contribution in [0.25, 0.3) is 0 Å². The normalized spacial score (nSPS) is 18.3. The summed E-state index contributed by atoms with van der Waals surface area (Å²) in [5.41, 5.74) is -1.49. The topological polar surface area (TPSA) is 44.8 Å². The lowest BCUT2D eigenvalue weighted by Gasteiger charge is -2.40. The van der Waals surface area contributed by atoms with Gasteiger partial charge in [-0.25, -0.2) is 4.39 Å². The smallest absolute Gasteiger partial charge is 0.462 e. The number of esters is 1. The first kappa shape index (κ1) is 35.2. The summed E-state index contributed by atoms with van der Waals surface area (Å²) in [5.74, 6) is -23.4. The van der Waals surface area contributed by atoms with E-state index in [1.165, 1.54) is 11.7 Å². The highest BCUT2D eigenvalue weighted by molar-refractivity contribution is 5.75. The Morgan fingerprint density at radius 3 is 1.38 bits per heavy atom. The van der Waals surface area contributed by atoms with Crippen molar-refractivity contribution in [2.24, 2.45) is 5.41 Å². The summed E-state index contributed by atoms with van der Waals surface area (Å²) in [6.45, 7) is 1.63. The number of rotatable bonds is 11. The molecule has 222 valence electrons. The van der Waals surface area contributed by atoms with Crippen molar-refractivity contribution in [3.05, 3.63) is 0 Å². The summed E-state index contributed by atoms with van der Waals surface area (Å²) in [6.07, 6.45) is -40.7. The number of carbonyl (C=O) groups excluding carboxylic acids is 1. The number of hydrogen-bond donors (Lipinski definition) is 0. The van der Waals surface area contributed by atoms with Gasteiger partial charge < -0.3 is 4.74 Å². The number of ether oxygens (including phenoxy) is 3. The van der Waals surface area contributed by atoms with Crippen molar-refractivity contribution in [1.82, 2.24) is 0 Å². The average molecular weight is 594 g/mol. The van der Waals surface area contributed by atoms with Gasteiger partial charge in [-0.05, 0) is 20.3 Å². The minimum Gasteiger partial charge on any atom is -0.465 e. The van der Waals surface area contributed by atoms with Gasteiger partial charge in [0.2, 0.25) is 0 Å². The van der Waals surface area contributed by atoms with E-state index >= 15 is 0 Å². The minimum absolute atomic E-state index is 0.0789. The van der Waals surface area contributed by atoms with Crippen LogP contribution in [0.2, 0.25) is 0 Å². The fourth-order valence-corrected chi connectivity index (χ4v) is 1.82. The van der Waals surface area contributed by atoms with Gasteiger partial charge in [0.1, 0.15) is 0 Å². The van der Waals surface area contributed by atoms with Crippen molar-refractivity contribution in [2.45, 2.75) is 82.0 Å². The molecule has 0 aliphatic heterocycles. The molecule has 0 aliphatic rings. The van der Waals surface area contributed by atoms with Crippen LogP contribution in [0.1, 0.15) is 33.6 Å². The third kappa shape index (κ3) is 6.99. The Balaban J connectivity index is 6.42. The second-order valence-electron chi connectivity index (χ2n) is 7.75. The van der Waals surface area contributed by atoms with Gasteiger partial charge in [-0.1, -0.05) is 6.92 Å². The molecule has 4 nitrogen and oxygen atoms in total. The molecule has 0 aromatic heterocycles. The monoisotopic (exact) mass is 594 g/mol. The summed E-state index contributed by atoms with van der Waals surface area (Å²) in [5, 5.41) is 0. The van der Waals surface area contributed by atoms with Crippen LogP contribution in [-0.2, 0) is 19.0 Å². The van der Waals surface area contributed by atoms with Gasteiger partial charge in [-0.3, -0.25) is 14.3 Å². The van der Waals surface area contributed by atoms with Gasteiger partial charge in [0.25, 0.3) is 0 Å². The molecule has 0 saturated carbocycles. The molecule has 37 heavy (non-hydrogen) atoms. The Labute approximate surface area is 195 Å². The Morgan fingerprint density at radius 1 is 0.622 bits per heavy atom. The SMILES string of the molecule is CCC(C)(C)C(=O)OCCC(F)(OC(F)(F)C(F)(OC(F)(F)C(F)(F)C(F)(F)F)C(F)(F)F)C(F)(F)F. The van der Waals surface area contributed by atoms with Crippen LogP contribution in [0.5, 0.6) is 0 Å². The van der Waals surface area contributed by atoms with Gasteiger partial charge in [-0.15, -0.1) is 0 Å². The molecule has 0 saturated heterocycles. The van der Waals surface area contributed by atoms with Crippen LogP contribution in [0.15, 0.2) is 0 Å². The Kier molecular flexibility index (Phi) is 9.58. The van der Waals surface area contributed by atoms with Crippen molar-refractivity contribution in [1.29, 1.82) is 0 Å². The van der Waals surface area contributed by atoms with Gasteiger partial charge in [0.15, 0.2) is 0 Å². The molecular weight excluding hydrogens is 579 g/mol. The highest BCUT2D eigenvalue weighted by Crippen LogP contribution is 2.56. The van der Waals surface area contributed by atoms with Crippen LogP contribution in [0.3, 0.4) is 0 Å². The molecule has 0 amide bonds. The number of hydrogen-bond acceptors (Lipinski definition) is 4. The fourth-order valence-electron chi connectivity index (χ4n) is 1.82. The first-order chi connectivity index (χ1) is 15.9. The molecule has 0 aromatic rings. The third-order valence-electron chi connectivity index (χ3n) is 4.54. The van der Waals surface area contributed by atoms with Crippen molar-refractivity contribution < 1.29 is 93.6 Å². The fraction of sp³-hybridized carbons (Fsp3) is 0.938. The zero-order valence-electron chi connectivity index (χ0n) is 18.2. The third-order valence-corrected chi connectivity index (χ3v) is 4.54. The first-order valence-corrected chi connectivity index (χ1v) is 9.14. The molecular formula is C16H15F17O4. The highest BCUT2D eigenvalue weighted by atomic mass is 19.4. The van der Waals surface area contributed by atoms with Crippen LogP contribution < -0.4 is 0 Å². The van der Waals surface area contributed by atoms with E-state index in [4.69, 9.17) is 0 Å². The summed E-state index contributed by atoms with van der Waals surface area (Å²) in [6, 6.07) is 0. The minimum atomic E-state index is -7.94. The van der Waals surface area contributed by atoms with E-state index in [0.717, 1.165) is 13.8 Å². The molecule has 0 bridgehead atoms. The standard InChI is InChI=1S/C16H15F17O4/c1-4-8(2,3)7(34)35-6-5-9(17,12(21,22)23)36-16(32,33)11(20,14(27,28)29)37-15(30,31)10(18,19)13(24,25)26/h4-6H2,1-3H3. The van der Waals surface area contributed by atoms with Gasteiger partial charge >= 0.3 is 54.3 Å². The lowest BCUT2D eigenvalue weighted by molar-refractivity contribution is -0.552. The second kappa shape index (κ2) is 10.1. The first-order valence-electron chi connectivity index (χ1n) is 9.14. The van der Waals surface area contributed by atoms with E-state index in [2.05, 4.69) is 9.47 Å². The maximum absolute atomic E-state index is 14.3. The van der Waals surface area contributed by atoms with Crippen molar-refractivity contribution in [3.63, 3.8) is 0 Å². The Bertz CT molecular complexity index is 801. The predicted molar refractivity (Wildman–Crippen MR) is 82.5 cm³/mol. The van der Waals surface area contributed by atoms with Crippen LogP contribution >= 0.6 is 0 Å². The molecule has 0 rings (SSSR count). The second-order valence-corrected chi connectivity index (χ2v) is 7.75. The quantitative estimate of drug-likeness (QED) is 0.187. The molecule has 0 heterocycles. The van der Waals surface area contributed by atoms with Crippen molar-refractivity contribution in [3.8, 4) is 0 Å². The highest BCUT2D eigenvalue weighted by Gasteiger charge is 2.85. The molecule has 0 N–H and O–H groups in total. The van der Waals surface area contributed by atoms with Crippen molar-refractivity contribution >= 4 is 5.97 Å². The molecule has 2 atom stereocenters. The zero-order chi connectivity index (χ0) is 30.3.